The molecule has 1 rings (SSSR count). The van der Waals surface area contributed by atoms with Gasteiger partial charge in [-0.25, -0.2) is 0 Å². The molecule has 0 aliphatic rings. The SMILES string of the molecule is O=C(O)CNCCSCc1ccccc1. The Morgan fingerprint density at radius 3 is 2.73 bits per heavy atom. The van der Waals surface area contributed by atoms with Crippen LogP contribution < -0.4 is 5.32 Å². The zero-order chi connectivity index (χ0) is 10.9. The van der Waals surface area contributed by atoms with Crippen molar-refractivity contribution in [3.8, 4) is 0 Å². The van der Waals surface area contributed by atoms with Crippen LogP contribution in [0.4, 0.5) is 0 Å². The lowest BCUT2D eigenvalue weighted by atomic mass is 10.2. The number of nitrogens with one attached hydrogen (secondary N) is 1. The van der Waals surface area contributed by atoms with Crippen LogP contribution in [0.15, 0.2) is 30.3 Å². The zero-order valence-corrected chi connectivity index (χ0v) is 9.30. The van der Waals surface area contributed by atoms with E-state index in [1.165, 1.54) is 5.56 Å². The molecule has 0 spiro atoms. The third-order valence-corrected chi connectivity index (χ3v) is 2.84. The molecule has 15 heavy (non-hydrogen) atoms. The van der Waals surface area contributed by atoms with Crippen molar-refractivity contribution in [3.05, 3.63) is 35.9 Å². The predicted molar refractivity (Wildman–Crippen MR) is 63.1 cm³/mol. The van der Waals surface area contributed by atoms with Crippen LogP contribution in [0.2, 0.25) is 0 Å². The molecule has 1 aromatic rings. The van der Waals surface area contributed by atoms with Gasteiger partial charge in [-0.05, 0) is 5.56 Å². The van der Waals surface area contributed by atoms with Crippen LogP contribution in [0.25, 0.3) is 0 Å². The number of thioether (sulfide) groups is 1. The van der Waals surface area contributed by atoms with Crippen molar-refractivity contribution in [3.63, 3.8) is 0 Å². The van der Waals surface area contributed by atoms with Gasteiger partial charge in [0.05, 0.1) is 6.54 Å². The van der Waals surface area contributed by atoms with E-state index >= 15 is 0 Å². The maximum absolute atomic E-state index is 10.2. The quantitative estimate of drug-likeness (QED) is 0.692. The summed E-state index contributed by atoms with van der Waals surface area (Å²) >= 11 is 1.80. The molecule has 82 valence electrons. The summed E-state index contributed by atoms with van der Waals surface area (Å²) in [5, 5.41) is 11.2. The number of hydrogen-bond donors (Lipinski definition) is 2. The third-order valence-electron chi connectivity index (χ3n) is 1.81. The lowest BCUT2D eigenvalue weighted by Gasteiger charge is -2.02. The summed E-state index contributed by atoms with van der Waals surface area (Å²) in [6.45, 7) is 0.787. The average Bonchev–Trinajstić information content (AvgIpc) is 2.24. The standard InChI is InChI=1S/C11H15NO2S/c13-11(14)8-12-6-7-15-9-10-4-2-1-3-5-10/h1-5,12H,6-9H2,(H,13,14). The van der Waals surface area contributed by atoms with Gasteiger partial charge in [-0.3, -0.25) is 4.79 Å². The minimum absolute atomic E-state index is 0.0475. The second-order valence-corrected chi connectivity index (χ2v) is 4.21. The number of aliphatic carboxylic acids is 1. The molecule has 0 bridgehead atoms. The van der Waals surface area contributed by atoms with E-state index < -0.39 is 5.97 Å². The lowest BCUT2D eigenvalue weighted by Crippen LogP contribution is -2.24. The first kappa shape index (κ1) is 12.1. The van der Waals surface area contributed by atoms with Crippen LogP contribution >= 0.6 is 11.8 Å². The maximum atomic E-state index is 10.2. The Bertz CT molecular complexity index is 290. The van der Waals surface area contributed by atoms with Crippen molar-refractivity contribution in [1.82, 2.24) is 5.32 Å². The van der Waals surface area contributed by atoms with Crippen molar-refractivity contribution >= 4 is 17.7 Å². The summed E-state index contributed by atoms with van der Waals surface area (Å²) in [6.07, 6.45) is 0. The van der Waals surface area contributed by atoms with E-state index in [0.717, 1.165) is 18.1 Å². The molecule has 4 heteroatoms. The molecule has 0 saturated carbocycles. The van der Waals surface area contributed by atoms with E-state index in [1.807, 2.05) is 18.2 Å². The van der Waals surface area contributed by atoms with Crippen molar-refractivity contribution in [2.45, 2.75) is 5.75 Å². The van der Waals surface area contributed by atoms with Crippen molar-refractivity contribution in [2.24, 2.45) is 0 Å². The van der Waals surface area contributed by atoms with E-state index in [1.54, 1.807) is 11.8 Å². The molecular formula is C11H15NO2S. The third kappa shape index (κ3) is 6.14. The van der Waals surface area contributed by atoms with Crippen LogP contribution in [-0.4, -0.2) is 29.9 Å². The predicted octanol–water partition coefficient (Wildman–Crippen LogP) is 1.59. The second kappa shape index (κ2) is 7.31. The Balaban J connectivity index is 2.00. The minimum atomic E-state index is -0.803. The molecule has 3 nitrogen and oxygen atoms in total. The molecule has 0 amide bonds. The highest BCUT2D eigenvalue weighted by Gasteiger charge is 1.95. The Hall–Kier alpha value is -1.00. The van der Waals surface area contributed by atoms with Crippen LogP contribution in [-0.2, 0) is 10.5 Å². The molecule has 0 unspecified atom stereocenters. The average molecular weight is 225 g/mol. The van der Waals surface area contributed by atoms with Crippen molar-refractivity contribution in [2.75, 3.05) is 18.8 Å². The van der Waals surface area contributed by atoms with Gasteiger partial charge in [-0.15, -0.1) is 0 Å². The Morgan fingerprint density at radius 1 is 1.33 bits per heavy atom. The molecule has 0 fully saturated rings. The highest BCUT2D eigenvalue weighted by atomic mass is 32.2. The van der Waals surface area contributed by atoms with E-state index in [9.17, 15) is 4.79 Å². The fourth-order valence-corrected chi connectivity index (χ4v) is 1.97. The fourth-order valence-electron chi connectivity index (χ4n) is 1.10. The van der Waals surface area contributed by atoms with Crippen molar-refractivity contribution < 1.29 is 9.90 Å². The molecule has 0 aromatic heterocycles. The smallest absolute Gasteiger partial charge is 0.317 e. The normalized spacial score (nSPS) is 10.1. The lowest BCUT2D eigenvalue weighted by molar-refractivity contribution is -0.135. The molecule has 2 N–H and O–H groups in total. The topological polar surface area (TPSA) is 49.3 Å². The molecule has 1 aromatic carbocycles. The summed E-state index contributed by atoms with van der Waals surface area (Å²) in [7, 11) is 0. The van der Waals surface area contributed by atoms with Gasteiger partial charge in [-0.2, -0.15) is 11.8 Å². The molecule has 0 atom stereocenters. The van der Waals surface area contributed by atoms with Crippen molar-refractivity contribution in [1.29, 1.82) is 0 Å². The van der Waals surface area contributed by atoms with E-state index in [0.29, 0.717) is 0 Å². The molecule has 0 heterocycles. The van der Waals surface area contributed by atoms with E-state index in [2.05, 4.69) is 17.4 Å². The Morgan fingerprint density at radius 2 is 2.07 bits per heavy atom. The highest BCUT2D eigenvalue weighted by molar-refractivity contribution is 7.98. The Labute approximate surface area is 93.9 Å². The molecule has 0 saturated heterocycles. The van der Waals surface area contributed by atoms with Crippen LogP contribution in [0.5, 0.6) is 0 Å². The number of carbonyl (C=O) groups is 1. The second-order valence-electron chi connectivity index (χ2n) is 3.11. The summed E-state index contributed by atoms with van der Waals surface area (Å²) in [5.74, 6) is 1.11. The van der Waals surface area contributed by atoms with Gasteiger partial charge < -0.3 is 10.4 Å². The number of carboxylic acids is 1. The monoisotopic (exact) mass is 225 g/mol. The van der Waals surface area contributed by atoms with Gasteiger partial charge in [0, 0.05) is 18.1 Å². The summed E-state index contributed by atoms with van der Waals surface area (Å²) in [5.41, 5.74) is 1.31. The van der Waals surface area contributed by atoms with Crippen LogP contribution in [0.3, 0.4) is 0 Å². The summed E-state index contributed by atoms with van der Waals surface area (Å²) in [6, 6.07) is 10.2. The minimum Gasteiger partial charge on any atom is -0.480 e. The van der Waals surface area contributed by atoms with E-state index in [-0.39, 0.29) is 6.54 Å². The number of carboxylic acid groups (broad SMARTS) is 1. The van der Waals surface area contributed by atoms with Gasteiger partial charge in [0.1, 0.15) is 0 Å². The number of hydrogen-bond acceptors (Lipinski definition) is 3. The fraction of sp³-hybridized carbons (Fsp3) is 0.364. The first-order valence-electron chi connectivity index (χ1n) is 4.83. The maximum Gasteiger partial charge on any atom is 0.317 e. The first-order chi connectivity index (χ1) is 7.29. The number of benzene rings is 1. The summed E-state index contributed by atoms with van der Waals surface area (Å²) in [4.78, 5) is 10.2. The van der Waals surface area contributed by atoms with E-state index in [4.69, 9.17) is 5.11 Å². The highest BCUT2D eigenvalue weighted by Crippen LogP contribution is 2.10. The van der Waals surface area contributed by atoms with Gasteiger partial charge in [-0.1, -0.05) is 30.3 Å². The zero-order valence-electron chi connectivity index (χ0n) is 8.48. The molecule has 0 aliphatic carbocycles. The molecule has 0 radical (unpaired) electrons. The Kier molecular flexibility index (Phi) is 5.88. The number of rotatable bonds is 7. The van der Waals surface area contributed by atoms with Crippen LogP contribution in [0.1, 0.15) is 5.56 Å². The molecular weight excluding hydrogens is 210 g/mol. The first-order valence-corrected chi connectivity index (χ1v) is 5.98. The van der Waals surface area contributed by atoms with Gasteiger partial charge in [0.25, 0.3) is 0 Å². The van der Waals surface area contributed by atoms with Crippen LogP contribution in [0, 0.1) is 0 Å². The van der Waals surface area contributed by atoms with Gasteiger partial charge in [0.15, 0.2) is 0 Å². The van der Waals surface area contributed by atoms with Gasteiger partial charge in [0.2, 0.25) is 0 Å². The largest absolute Gasteiger partial charge is 0.480 e. The van der Waals surface area contributed by atoms with Gasteiger partial charge >= 0.3 is 5.97 Å². The summed E-state index contributed by atoms with van der Waals surface area (Å²) < 4.78 is 0. The molecule has 0 aliphatic heterocycles.